The molecular weight excluding hydrogens is 316 g/mol. The Morgan fingerprint density at radius 3 is 3.09 bits per heavy atom. The van der Waals surface area contributed by atoms with E-state index in [2.05, 4.69) is 15.7 Å². The first-order valence-electron chi connectivity index (χ1n) is 7.47. The number of hydrogen-bond donors (Lipinski definition) is 2. The summed E-state index contributed by atoms with van der Waals surface area (Å²) in [5.74, 6) is 0.742. The molecule has 124 valence electrons. The van der Waals surface area contributed by atoms with Gasteiger partial charge in [0.1, 0.15) is 12.4 Å². The minimum absolute atomic E-state index is 0. The van der Waals surface area contributed by atoms with Crippen LogP contribution in [0, 0.1) is 0 Å². The van der Waals surface area contributed by atoms with Gasteiger partial charge in [-0.3, -0.25) is 9.48 Å². The quantitative estimate of drug-likeness (QED) is 0.901. The molecule has 3 rings (SSSR count). The number of amides is 1. The lowest BCUT2D eigenvalue weighted by atomic mass is 10.1. The zero-order valence-electron chi connectivity index (χ0n) is 13.3. The molecule has 0 saturated carbocycles. The van der Waals surface area contributed by atoms with Crippen LogP contribution < -0.4 is 15.4 Å². The van der Waals surface area contributed by atoms with Gasteiger partial charge in [0.2, 0.25) is 0 Å². The average Bonchev–Trinajstić information content (AvgIpc) is 2.74. The van der Waals surface area contributed by atoms with Crippen molar-refractivity contribution in [3.05, 3.63) is 41.2 Å². The molecule has 1 aliphatic heterocycles. The number of carbonyl (C=O) groups excluding carboxylic acids is 1. The molecule has 2 heterocycles. The number of nitrogens with zero attached hydrogens (tertiary/aromatic N) is 2. The molecule has 1 aromatic heterocycles. The summed E-state index contributed by atoms with van der Waals surface area (Å²) >= 11 is 0. The van der Waals surface area contributed by atoms with Gasteiger partial charge in [-0.25, -0.2) is 0 Å². The van der Waals surface area contributed by atoms with Crippen molar-refractivity contribution in [3.8, 4) is 5.75 Å². The van der Waals surface area contributed by atoms with Crippen LogP contribution in [0.4, 0.5) is 5.69 Å². The van der Waals surface area contributed by atoms with Gasteiger partial charge < -0.3 is 15.4 Å². The Kier molecular flexibility index (Phi) is 5.63. The lowest BCUT2D eigenvalue weighted by Crippen LogP contribution is -2.16. The van der Waals surface area contributed by atoms with Crippen molar-refractivity contribution >= 4 is 24.0 Å². The standard InChI is InChI=1S/C16H20N4O2.ClH/c1-3-14-13(10-20(2)19-14)16(21)18-12-4-5-15-11(8-12)9-17-6-7-22-15;/h4-5,8,10,17H,3,6-7,9H2,1-2H3,(H,18,21);1H. The van der Waals surface area contributed by atoms with Crippen molar-refractivity contribution < 1.29 is 9.53 Å². The molecule has 1 aromatic carbocycles. The fourth-order valence-electron chi connectivity index (χ4n) is 2.58. The highest BCUT2D eigenvalue weighted by Crippen LogP contribution is 2.24. The maximum absolute atomic E-state index is 12.4. The Balaban J connectivity index is 0.00000192. The van der Waals surface area contributed by atoms with Gasteiger partial charge in [-0.05, 0) is 24.6 Å². The Labute approximate surface area is 141 Å². The van der Waals surface area contributed by atoms with Crippen molar-refractivity contribution in [2.45, 2.75) is 19.9 Å². The number of halogens is 1. The Morgan fingerprint density at radius 1 is 1.48 bits per heavy atom. The molecule has 0 aliphatic carbocycles. The fourth-order valence-corrected chi connectivity index (χ4v) is 2.58. The van der Waals surface area contributed by atoms with Crippen molar-refractivity contribution in [2.24, 2.45) is 7.05 Å². The van der Waals surface area contributed by atoms with E-state index in [0.29, 0.717) is 12.2 Å². The van der Waals surface area contributed by atoms with Crippen LogP contribution in [0.3, 0.4) is 0 Å². The highest BCUT2D eigenvalue weighted by atomic mass is 35.5. The third-order valence-electron chi connectivity index (χ3n) is 3.66. The largest absolute Gasteiger partial charge is 0.492 e. The topological polar surface area (TPSA) is 68.2 Å². The molecule has 0 spiro atoms. The number of fused-ring (bicyclic) bond motifs is 1. The second-order valence-electron chi connectivity index (χ2n) is 5.32. The van der Waals surface area contributed by atoms with E-state index in [-0.39, 0.29) is 18.3 Å². The summed E-state index contributed by atoms with van der Waals surface area (Å²) in [5, 5.41) is 10.5. The van der Waals surface area contributed by atoms with E-state index in [1.54, 1.807) is 10.9 Å². The summed E-state index contributed by atoms with van der Waals surface area (Å²) in [6, 6.07) is 5.72. The second kappa shape index (κ2) is 7.48. The fraction of sp³-hybridized carbons (Fsp3) is 0.375. The zero-order chi connectivity index (χ0) is 15.5. The van der Waals surface area contributed by atoms with Crippen molar-refractivity contribution in [3.63, 3.8) is 0 Å². The van der Waals surface area contributed by atoms with Gasteiger partial charge in [-0.1, -0.05) is 6.92 Å². The molecular formula is C16H21ClN4O2. The van der Waals surface area contributed by atoms with Crippen LogP contribution in [0.5, 0.6) is 5.75 Å². The minimum Gasteiger partial charge on any atom is -0.492 e. The molecule has 1 aliphatic rings. The van der Waals surface area contributed by atoms with Crippen LogP contribution in [0.25, 0.3) is 0 Å². The van der Waals surface area contributed by atoms with E-state index >= 15 is 0 Å². The number of carbonyl (C=O) groups is 1. The van der Waals surface area contributed by atoms with Crippen LogP contribution in [0.2, 0.25) is 0 Å². The first-order chi connectivity index (χ1) is 10.7. The van der Waals surface area contributed by atoms with E-state index in [9.17, 15) is 4.79 Å². The van der Waals surface area contributed by atoms with Crippen LogP contribution in [0.15, 0.2) is 24.4 Å². The first kappa shape index (κ1) is 17.3. The highest BCUT2D eigenvalue weighted by Gasteiger charge is 2.15. The van der Waals surface area contributed by atoms with E-state index < -0.39 is 0 Å². The summed E-state index contributed by atoms with van der Waals surface area (Å²) < 4.78 is 7.31. The molecule has 6 nitrogen and oxygen atoms in total. The minimum atomic E-state index is -0.132. The molecule has 0 atom stereocenters. The Bertz CT molecular complexity index is 699. The summed E-state index contributed by atoms with van der Waals surface area (Å²) in [4.78, 5) is 12.4. The molecule has 0 saturated heterocycles. The van der Waals surface area contributed by atoms with Gasteiger partial charge in [0.15, 0.2) is 0 Å². The van der Waals surface area contributed by atoms with E-state index in [1.165, 1.54) is 0 Å². The van der Waals surface area contributed by atoms with Crippen molar-refractivity contribution in [1.82, 2.24) is 15.1 Å². The average molecular weight is 337 g/mol. The third-order valence-corrected chi connectivity index (χ3v) is 3.66. The molecule has 23 heavy (non-hydrogen) atoms. The Hall–Kier alpha value is -2.05. The number of benzene rings is 1. The number of nitrogens with one attached hydrogen (secondary N) is 2. The maximum Gasteiger partial charge on any atom is 0.259 e. The lowest BCUT2D eigenvalue weighted by molar-refractivity contribution is 0.102. The third kappa shape index (κ3) is 3.83. The lowest BCUT2D eigenvalue weighted by Gasteiger charge is -2.10. The number of rotatable bonds is 3. The highest BCUT2D eigenvalue weighted by molar-refractivity contribution is 6.05. The van der Waals surface area contributed by atoms with Crippen LogP contribution in [-0.4, -0.2) is 28.8 Å². The van der Waals surface area contributed by atoms with Crippen molar-refractivity contribution in [1.29, 1.82) is 0 Å². The van der Waals surface area contributed by atoms with Crippen LogP contribution in [-0.2, 0) is 20.0 Å². The SMILES string of the molecule is CCc1nn(C)cc1C(=O)Nc1ccc2c(c1)CNCCO2.Cl. The van der Waals surface area contributed by atoms with Crippen LogP contribution >= 0.6 is 12.4 Å². The van der Waals surface area contributed by atoms with Gasteiger partial charge in [0.05, 0.1) is 11.3 Å². The molecule has 0 unspecified atom stereocenters. The first-order valence-corrected chi connectivity index (χ1v) is 7.47. The summed E-state index contributed by atoms with van der Waals surface area (Å²) in [7, 11) is 1.82. The van der Waals surface area contributed by atoms with Crippen molar-refractivity contribution in [2.75, 3.05) is 18.5 Å². The Morgan fingerprint density at radius 2 is 2.30 bits per heavy atom. The van der Waals surface area contributed by atoms with E-state index in [4.69, 9.17) is 4.74 Å². The number of ether oxygens (including phenoxy) is 1. The monoisotopic (exact) mass is 336 g/mol. The molecule has 0 bridgehead atoms. The summed E-state index contributed by atoms with van der Waals surface area (Å²) in [6.45, 7) is 4.22. The molecule has 0 radical (unpaired) electrons. The normalized spacial score (nSPS) is 13.3. The van der Waals surface area contributed by atoms with E-state index in [1.807, 2.05) is 32.2 Å². The van der Waals surface area contributed by atoms with Gasteiger partial charge in [0, 0.05) is 37.6 Å². The summed E-state index contributed by atoms with van der Waals surface area (Å²) in [6.07, 6.45) is 2.48. The van der Waals surface area contributed by atoms with Crippen LogP contribution in [0.1, 0.15) is 28.5 Å². The number of hydrogen-bond acceptors (Lipinski definition) is 4. The predicted octanol–water partition coefficient (Wildman–Crippen LogP) is 2.14. The molecule has 1 amide bonds. The number of aryl methyl sites for hydroxylation is 2. The summed E-state index contributed by atoms with van der Waals surface area (Å²) in [5.41, 5.74) is 3.24. The molecule has 7 heteroatoms. The maximum atomic E-state index is 12.4. The van der Waals surface area contributed by atoms with Gasteiger partial charge in [-0.2, -0.15) is 5.10 Å². The molecule has 2 aromatic rings. The number of anilines is 1. The smallest absolute Gasteiger partial charge is 0.259 e. The van der Waals surface area contributed by atoms with E-state index in [0.717, 1.165) is 42.2 Å². The van der Waals surface area contributed by atoms with Gasteiger partial charge in [-0.15, -0.1) is 12.4 Å². The second-order valence-corrected chi connectivity index (χ2v) is 5.32. The zero-order valence-corrected chi connectivity index (χ0v) is 14.1. The number of aromatic nitrogens is 2. The predicted molar refractivity (Wildman–Crippen MR) is 91.4 cm³/mol. The van der Waals surface area contributed by atoms with Gasteiger partial charge in [0.25, 0.3) is 5.91 Å². The molecule has 2 N–H and O–H groups in total. The van der Waals surface area contributed by atoms with Gasteiger partial charge >= 0.3 is 0 Å². The molecule has 0 fully saturated rings.